The van der Waals surface area contributed by atoms with E-state index in [9.17, 15) is 9.59 Å². The van der Waals surface area contributed by atoms with Crippen LogP contribution in [0.25, 0.3) is 0 Å². The Kier molecular flexibility index (Phi) is 2.93. The molecule has 12 heavy (non-hydrogen) atoms. The maximum absolute atomic E-state index is 11.3. The third-order valence-corrected chi connectivity index (χ3v) is 2.45. The van der Waals surface area contributed by atoms with Crippen LogP contribution in [0.4, 0.5) is 0 Å². The van der Waals surface area contributed by atoms with Gasteiger partial charge in [0.05, 0.1) is 14.1 Å². The van der Waals surface area contributed by atoms with E-state index in [4.69, 9.17) is 0 Å². The predicted octanol–water partition coefficient (Wildman–Crippen LogP) is 0.753. The normalized spacial score (nSPS) is 12.3. The first-order valence-corrected chi connectivity index (χ1v) is 3.77. The van der Waals surface area contributed by atoms with Crippen LogP contribution >= 0.6 is 0 Å². The highest BCUT2D eigenvalue weighted by Crippen LogP contribution is 2.17. The van der Waals surface area contributed by atoms with Gasteiger partial charge in [0.25, 0.3) is 0 Å². The first kappa shape index (κ1) is 11.0. The maximum Gasteiger partial charge on any atom is 0.338 e. The summed E-state index contributed by atoms with van der Waals surface area (Å²) >= 11 is 0. The van der Waals surface area contributed by atoms with Crippen molar-refractivity contribution in [2.24, 2.45) is 0 Å². The summed E-state index contributed by atoms with van der Waals surface area (Å²) in [5.74, 6) is -0.160. The van der Waals surface area contributed by atoms with E-state index in [1.165, 1.54) is 6.08 Å². The molecule has 0 saturated carbocycles. The predicted molar refractivity (Wildman–Crippen MR) is 47.5 cm³/mol. The van der Waals surface area contributed by atoms with Crippen LogP contribution in [0.3, 0.4) is 0 Å². The fourth-order valence-corrected chi connectivity index (χ4v) is 0.644. The summed E-state index contributed by atoms with van der Waals surface area (Å²) in [6.07, 6.45) is 2.03. The minimum atomic E-state index is -0.703. The van der Waals surface area contributed by atoms with Crippen molar-refractivity contribution >= 4 is 12.2 Å². The van der Waals surface area contributed by atoms with Gasteiger partial charge in [-0.25, -0.2) is 4.79 Å². The quantitative estimate of drug-likeness (QED) is 0.356. The summed E-state index contributed by atoms with van der Waals surface area (Å²) in [4.78, 5) is 22.0. The molecule has 0 N–H and O–H groups in total. The second kappa shape index (κ2) is 3.19. The van der Waals surface area contributed by atoms with Gasteiger partial charge < -0.3 is 0 Å². The third-order valence-electron chi connectivity index (χ3n) is 2.45. The van der Waals surface area contributed by atoms with Crippen LogP contribution in [0.2, 0.25) is 0 Å². The second-order valence-corrected chi connectivity index (χ2v) is 3.77. The molecule has 3 nitrogen and oxygen atoms in total. The zero-order valence-electron chi connectivity index (χ0n) is 8.13. The van der Waals surface area contributed by atoms with Gasteiger partial charge in [-0.3, -0.25) is 9.28 Å². The Labute approximate surface area is 73.3 Å². The van der Waals surface area contributed by atoms with Crippen molar-refractivity contribution in [2.75, 3.05) is 14.1 Å². The summed E-state index contributed by atoms with van der Waals surface area (Å²) in [5, 5.41) is 0. The molecule has 0 unspecified atom stereocenters. The van der Waals surface area contributed by atoms with E-state index < -0.39 is 5.54 Å². The van der Waals surface area contributed by atoms with E-state index in [2.05, 4.69) is 6.58 Å². The largest absolute Gasteiger partial charge is 0.338 e. The minimum Gasteiger partial charge on any atom is -0.296 e. The molecule has 0 atom stereocenters. The molecule has 1 amide bonds. The number of likely N-dealkylation sites (N-methyl/N-ethyl adjacent to an activating group) is 1. The Hall–Kier alpha value is -0.960. The lowest BCUT2D eigenvalue weighted by Gasteiger charge is -2.37. The van der Waals surface area contributed by atoms with Crippen molar-refractivity contribution in [2.45, 2.75) is 19.4 Å². The summed E-state index contributed by atoms with van der Waals surface area (Å²) in [6.45, 7) is 6.84. The number of quaternary nitrogens is 1. The molecule has 0 saturated heterocycles. The Morgan fingerprint density at radius 3 is 2.08 bits per heavy atom. The van der Waals surface area contributed by atoms with E-state index in [0.29, 0.717) is 0 Å². The van der Waals surface area contributed by atoms with E-state index in [1.807, 2.05) is 0 Å². The number of hydrogen-bond donors (Lipinski definition) is 0. The van der Waals surface area contributed by atoms with E-state index >= 15 is 0 Å². The lowest BCUT2D eigenvalue weighted by atomic mass is 10.0. The summed E-state index contributed by atoms with van der Waals surface area (Å²) < 4.78 is -0.000000000000000222. The molecule has 0 radical (unpaired) electrons. The summed E-state index contributed by atoms with van der Waals surface area (Å²) in [6, 6.07) is 0. The molecule has 0 fully saturated rings. The molecule has 0 rings (SSSR count). The number of aldehydes is 1. The number of amides is 1. The van der Waals surface area contributed by atoms with Gasteiger partial charge in [0.15, 0.2) is 11.8 Å². The number of carbonyl (C=O) groups excluding carboxylic acids is 2. The highest BCUT2D eigenvalue weighted by atomic mass is 16.2. The molecule has 0 spiro atoms. The highest BCUT2D eigenvalue weighted by molar-refractivity contribution is 5.82. The number of carbonyl (C=O) groups is 2. The van der Waals surface area contributed by atoms with Gasteiger partial charge in [0.1, 0.15) is 0 Å². The molecular weight excluding hydrogens is 154 g/mol. The van der Waals surface area contributed by atoms with Crippen molar-refractivity contribution in [3.63, 3.8) is 0 Å². The number of rotatable bonds is 3. The fraction of sp³-hybridized carbons (Fsp3) is 0.556. The van der Waals surface area contributed by atoms with Gasteiger partial charge >= 0.3 is 5.91 Å². The van der Waals surface area contributed by atoms with Gasteiger partial charge in [-0.15, -0.1) is 0 Å². The van der Waals surface area contributed by atoms with Crippen LogP contribution in [-0.2, 0) is 9.59 Å². The Morgan fingerprint density at radius 1 is 1.42 bits per heavy atom. The zero-order valence-corrected chi connectivity index (χ0v) is 8.13. The van der Waals surface area contributed by atoms with Crippen molar-refractivity contribution in [3.05, 3.63) is 12.7 Å². The molecule has 0 heterocycles. The average Bonchev–Trinajstić information content (AvgIpc) is 2.02. The summed E-state index contributed by atoms with van der Waals surface area (Å²) in [5.41, 5.74) is -0.703. The number of nitrogens with zero attached hydrogens (tertiary/aromatic N) is 1. The van der Waals surface area contributed by atoms with Crippen LogP contribution in [-0.4, -0.2) is 36.3 Å². The van der Waals surface area contributed by atoms with E-state index in [1.54, 1.807) is 27.9 Å². The van der Waals surface area contributed by atoms with Crippen molar-refractivity contribution in [1.82, 2.24) is 0 Å². The topological polar surface area (TPSA) is 34.1 Å². The maximum atomic E-state index is 11.3. The standard InChI is InChI=1S/C9H16NO2/c1-6-8(12)10(4,5)9(2,3)7-11/h6-7H,1H2,2-5H3/q+1. The molecule has 0 bridgehead atoms. The van der Waals surface area contributed by atoms with Crippen LogP contribution < -0.4 is 0 Å². The molecule has 68 valence electrons. The van der Waals surface area contributed by atoms with Crippen LogP contribution in [0.15, 0.2) is 12.7 Å². The average molecular weight is 170 g/mol. The first-order valence-electron chi connectivity index (χ1n) is 3.77. The first-order chi connectivity index (χ1) is 5.29. The lowest BCUT2D eigenvalue weighted by molar-refractivity contribution is -0.850. The molecule has 0 aromatic heterocycles. The van der Waals surface area contributed by atoms with Crippen LogP contribution in [0.1, 0.15) is 13.8 Å². The zero-order chi connectivity index (χ0) is 9.99. The van der Waals surface area contributed by atoms with E-state index in [-0.39, 0.29) is 10.4 Å². The minimum absolute atomic E-state index is 0.000000000000000222. The van der Waals surface area contributed by atoms with Gasteiger partial charge in [-0.1, -0.05) is 6.58 Å². The van der Waals surface area contributed by atoms with Crippen molar-refractivity contribution < 1.29 is 14.1 Å². The smallest absolute Gasteiger partial charge is 0.296 e. The molecule has 0 aliphatic rings. The van der Waals surface area contributed by atoms with Crippen molar-refractivity contribution in [1.29, 1.82) is 0 Å². The Bertz CT molecular complexity index is 217. The monoisotopic (exact) mass is 170 g/mol. The molecule has 0 aliphatic heterocycles. The molecular formula is C9H16NO2+. The van der Waals surface area contributed by atoms with Gasteiger partial charge in [-0.05, 0) is 13.8 Å². The van der Waals surface area contributed by atoms with Gasteiger partial charge in [0, 0.05) is 6.08 Å². The van der Waals surface area contributed by atoms with Crippen LogP contribution in [0.5, 0.6) is 0 Å². The molecule has 0 aromatic rings. The number of hydrogen-bond acceptors (Lipinski definition) is 2. The Morgan fingerprint density at radius 2 is 1.83 bits per heavy atom. The molecule has 0 aliphatic carbocycles. The summed E-state index contributed by atoms with van der Waals surface area (Å²) in [7, 11) is 3.39. The Balaban J connectivity index is 4.95. The van der Waals surface area contributed by atoms with Crippen molar-refractivity contribution in [3.8, 4) is 0 Å². The fourth-order valence-electron chi connectivity index (χ4n) is 0.644. The second-order valence-electron chi connectivity index (χ2n) is 3.77. The van der Waals surface area contributed by atoms with Crippen LogP contribution in [0, 0.1) is 0 Å². The highest BCUT2D eigenvalue weighted by Gasteiger charge is 2.41. The SMILES string of the molecule is C=CC(=O)[N+](C)(C)C(C)(C)C=O. The van der Waals surface area contributed by atoms with Gasteiger partial charge in [0.2, 0.25) is 0 Å². The molecule has 3 heteroatoms. The third kappa shape index (κ3) is 1.61. The van der Waals surface area contributed by atoms with E-state index in [0.717, 1.165) is 6.29 Å². The van der Waals surface area contributed by atoms with Gasteiger partial charge in [-0.2, -0.15) is 0 Å². The molecule has 0 aromatic carbocycles. The lowest BCUT2D eigenvalue weighted by Crippen LogP contribution is -2.60.